The molecule has 1 rings (SSSR count). The molecule has 5 heteroatoms. The topological polar surface area (TPSA) is 52.4 Å². The van der Waals surface area contributed by atoms with Crippen molar-refractivity contribution >= 4 is 14.0 Å². The van der Waals surface area contributed by atoms with E-state index in [4.69, 9.17) is 4.43 Å². The van der Waals surface area contributed by atoms with Crippen molar-refractivity contribution in [3.8, 4) is 0 Å². The lowest BCUT2D eigenvalue weighted by atomic mass is 9.90. The standard InChI is InChI=1S/C15H25NO3Si.CH4/c1-9-10(2)12(4)15(16(17)18)14(11(9)3)13(5)19-20(6,7)8;/h13H,1-8H3;1H4. The molecule has 120 valence electrons. The number of benzene rings is 1. The van der Waals surface area contributed by atoms with Crippen LogP contribution in [0.4, 0.5) is 5.69 Å². The first-order chi connectivity index (χ1) is 8.97. The molecule has 0 heterocycles. The zero-order valence-electron chi connectivity index (χ0n) is 13.7. The monoisotopic (exact) mass is 311 g/mol. The number of nitro groups is 1. The lowest BCUT2D eigenvalue weighted by Gasteiger charge is -2.26. The highest BCUT2D eigenvalue weighted by Gasteiger charge is 2.30. The van der Waals surface area contributed by atoms with E-state index in [0.29, 0.717) is 0 Å². The summed E-state index contributed by atoms with van der Waals surface area (Å²) in [5.41, 5.74) is 4.80. The number of hydrogen-bond acceptors (Lipinski definition) is 3. The first kappa shape index (κ1) is 19.8. The van der Waals surface area contributed by atoms with Gasteiger partial charge in [-0.15, -0.1) is 0 Å². The van der Waals surface area contributed by atoms with E-state index in [1.807, 2.05) is 34.6 Å². The molecule has 0 N–H and O–H groups in total. The zero-order valence-corrected chi connectivity index (χ0v) is 14.7. The number of nitro benzene ring substituents is 1. The Labute approximate surface area is 129 Å². The van der Waals surface area contributed by atoms with Crippen molar-refractivity contribution in [3.63, 3.8) is 0 Å². The molecule has 1 unspecified atom stereocenters. The number of nitrogens with zero attached hydrogens (tertiary/aromatic N) is 1. The van der Waals surface area contributed by atoms with Crippen molar-refractivity contribution in [1.29, 1.82) is 0 Å². The summed E-state index contributed by atoms with van der Waals surface area (Å²) >= 11 is 0. The Kier molecular flexibility index (Phi) is 6.32. The Balaban J connectivity index is 0.00000400. The van der Waals surface area contributed by atoms with Gasteiger partial charge in [0, 0.05) is 5.56 Å². The Morgan fingerprint density at radius 2 is 1.43 bits per heavy atom. The molecule has 0 amide bonds. The van der Waals surface area contributed by atoms with Gasteiger partial charge in [0.05, 0.1) is 16.6 Å². The summed E-state index contributed by atoms with van der Waals surface area (Å²) in [5.74, 6) is 0. The fourth-order valence-electron chi connectivity index (χ4n) is 2.64. The van der Waals surface area contributed by atoms with Crippen molar-refractivity contribution in [2.45, 2.75) is 67.8 Å². The smallest absolute Gasteiger partial charge is 0.278 e. The molecule has 0 fully saturated rings. The second-order valence-electron chi connectivity index (χ2n) is 6.39. The van der Waals surface area contributed by atoms with E-state index in [1.165, 1.54) is 0 Å². The van der Waals surface area contributed by atoms with Crippen LogP contribution in [0, 0.1) is 37.8 Å². The van der Waals surface area contributed by atoms with Gasteiger partial charge >= 0.3 is 0 Å². The van der Waals surface area contributed by atoms with E-state index >= 15 is 0 Å². The van der Waals surface area contributed by atoms with Crippen LogP contribution >= 0.6 is 0 Å². The third-order valence-corrected chi connectivity index (χ3v) is 4.88. The van der Waals surface area contributed by atoms with E-state index < -0.39 is 8.32 Å². The van der Waals surface area contributed by atoms with Gasteiger partial charge in [0.25, 0.3) is 5.69 Å². The van der Waals surface area contributed by atoms with Gasteiger partial charge in [-0.1, -0.05) is 7.43 Å². The molecule has 21 heavy (non-hydrogen) atoms. The minimum absolute atomic E-state index is 0. The van der Waals surface area contributed by atoms with Gasteiger partial charge in [-0.3, -0.25) is 10.1 Å². The van der Waals surface area contributed by atoms with Crippen molar-refractivity contribution in [3.05, 3.63) is 37.9 Å². The highest BCUT2D eigenvalue weighted by molar-refractivity contribution is 6.69. The van der Waals surface area contributed by atoms with Crippen molar-refractivity contribution < 1.29 is 9.35 Å². The highest BCUT2D eigenvalue weighted by atomic mass is 28.4. The third-order valence-electron chi connectivity index (χ3n) is 3.82. The quantitative estimate of drug-likeness (QED) is 0.426. The van der Waals surface area contributed by atoms with Crippen molar-refractivity contribution in [2.75, 3.05) is 0 Å². The molecule has 0 radical (unpaired) electrons. The van der Waals surface area contributed by atoms with Gasteiger partial charge in [-0.2, -0.15) is 0 Å². The van der Waals surface area contributed by atoms with E-state index in [2.05, 4.69) is 19.6 Å². The summed E-state index contributed by atoms with van der Waals surface area (Å²) in [6.45, 7) is 15.9. The van der Waals surface area contributed by atoms with Gasteiger partial charge in [-0.25, -0.2) is 0 Å². The van der Waals surface area contributed by atoms with Crippen LogP contribution in [0.3, 0.4) is 0 Å². The molecule has 0 spiro atoms. The molecular weight excluding hydrogens is 282 g/mol. The number of rotatable bonds is 4. The summed E-state index contributed by atoms with van der Waals surface area (Å²) in [6.07, 6.45) is -0.250. The average molecular weight is 311 g/mol. The molecule has 0 aliphatic carbocycles. The fraction of sp³-hybridized carbons (Fsp3) is 0.625. The molecule has 0 bridgehead atoms. The molecule has 0 aromatic heterocycles. The Morgan fingerprint density at radius 3 is 1.81 bits per heavy atom. The predicted molar refractivity (Wildman–Crippen MR) is 91.6 cm³/mol. The normalized spacial score (nSPS) is 12.8. The van der Waals surface area contributed by atoms with E-state index in [9.17, 15) is 10.1 Å². The van der Waals surface area contributed by atoms with Crippen LogP contribution in [-0.2, 0) is 4.43 Å². The molecule has 4 nitrogen and oxygen atoms in total. The minimum Gasteiger partial charge on any atom is -0.411 e. The second-order valence-corrected chi connectivity index (χ2v) is 10.9. The van der Waals surface area contributed by atoms with Crippen LogP contribution in [0.15, 0.2) is 0 Å². The van der Waals surface area contributed by atoms with Crippen LogP contribution in [-0.4, -0.2) is 13.2 Å². The average Bonchev–Trinajstić information content (AvgIpc) is 2.27. The third kappa shape index (κ3) is 4.14. The molecule has 0 aliphatic heterocycles. The summed E-state index contributed by atoms with van der Waals surface area (Å²) in [4.78, 5) is 11.2. The van der Waals surface area contributed by atoms with Gasteiger partial charge in [-0.05, 0) is 71.0 Å². The van der Waals surface area contributed by atoms with Crippen LogP contribution in [0.2, 0.25) is 19.6 Å². The summed E-state index contributed by atoms with van der Waals surface area (Å²) in [6, 6.07) is 0. The Hall–Kier alpha value is -1.20. The second kappa shape index (κ2) is 6.71. The van der Waals surface area contributed by atoms with Crippen LogP contribution in [0.25, 0.3) is 0 Å². The number of hydrogen-bond donors (Lipinski definition) is 0. The van der Waals surface area contributed by atoms with Crippen molar-refractivity contribution in [2.24, 2.45) is 0 Å². The maximum Gasteiger partial charge on any atom is 0.278 e. The van der Waals surface area contributed by atoms with Crippen molar-refractivity contribution in [1.82, 2.24) is 0 Å². The highest BCUT2D eigenvalue weighted by Crippen LogP contribution is 2.38. The molecule has 1 atom stereocenters. The first-order valence-corrected chi connectivity index (χ1v) is 10.3. The lowest BCUT2D eigenvalue weighted by Crippen LogP contribution is -2.27. The predicted octanol–water partition coefficient (Wildman–Crippen LogP) is 5.38. The Morgan fingerprint density at radius 1 is 1.00 bits per heavy atom. The van der Waals surface area contributed by atoms with E-state index in [1.54, 1.807) is 0 Å². The largest absolute Gasteiger partial charge is 0.411 e. The fourth-order valence-corrected chi connectivity index (χ4v) is 3.82. The maximum absolute atomic E-state index is 11.5. The molecule has 0 saturated heterocycles. The minimum atomic E-state index is -1.75. The summed E-state index contributed by atoms with van der Waals surface area (Å²) in [5, 5.41) is 11.5. The van der Waals surface area contributed by atoms with E-state index in [0.717, 1.165) is 27.8 Å². The van der Waals surface area contributed by atoms with Gasteiger partial charge in [0.2, 0.25) is 0 Å². The first-order valence-electron chi connectivity index (χ1n) is 6.89. The summed E-state index contributed by atoms with van der Waals surface area (Å²) < 4.78 is 6.08. The molecule has 0 saturated carbocycles. The van der Waals surface area contributed by atoms with E-state index in [-0.39, 0.29) is 24.1 Å². The van der Waals surface area contributed by atoms with Crippen LogP contribution < -0.4 is 0 Å². The lowest BCUT2D eigenvalue weighted by molar-refractivity contribution is -0.386. The zero-order chi connectivity index (χ0) is 15.8. The molecule has 1 aromatic rings. The van der Waals surface area contributed by atoms with Crippen LogP contribution in [0.1, 0.15) is 48.3 Å². The molecular formula is C16H29NO3Si. The maximum atomic E-state index is 11.5. The molecule has 0 aliphatic rings. The Bertz CT molecular complexity index is 548. The van der Waals surface area contributed by atoms with Crippen LogP contribution in [0.5, 0.6) is 0 Å². The SMILES string of the molecule is C.Cc1c(C)c(C)c([N+](=O)[O-])c(C(C)O[Si](C)(C)C)c1C. The van der Waals surface area contributed by atoms with Gasteiger partial charge < -0.3 is 4.43 Å². The summed E-state index contributed by atoms with van der Waals surface area (Å²) in [7, 11) is -1.75. The van der Waals surface area contributed by atoms with Gasteiger partial charge in [0.1, 0.15) is 0 Å². The molecule has 1 aromatic carbocycles. The van der Waals surface area contributed by atoms with Gasteiger partial charge in [0.15, 0.2) is 8.32 Å².